The lowest BCUT2D eigenvalue weighted by molar-refractivity contribution is 0.324. The molecule has 6 nitrogen and oxygen atoms in total. The fourth-order valence-corrected chi connectivity index (χ4v) is 3.42. The summed E-state index contributed by atoms with van der Waals surface area (Å²) in [5, 5.41) is 9.78. The number of hydrogen-bond donors (Lipinski definition) is 1. The van der Waals surface area contributed by atoms with E-state index in [0.717, 1.165) is 0 Å². The van der Waals surface area contributed by atoms with Crippen LogP contribution in [-0.4, -0.2) is 29.9 Å². The minimum Gasteiger partial charge on any atom is -0.493 e. The number of nitrogens with one attached hydrogen (secondary N) is 1. The number of benzene rings is 1. The predicted molar refractivity (Wildman–Crippen MR) is 104 cm³/mol. The van der Waals surface area contributed by atoms with E-state index < -0.39 is 5.56 Å². The number of aromatic nitrogens is 2. The number of aromatic amines is 1. The second kappa shape index (κ2) is 8.56. The second-order valence-corrected chi connectivity index (χ2v) is 6.97. The van der Waals surface area contributed by atoms with E-state index in [9.17, 15) is 10.1 Å². The molecule has 0 saturated carbocycles. The first-order valence-corrected chi connectivity index (χ1v) is 9.68. The van der Waals surface area contributed by atoms with E-state index in [1.807, 2.05) is 6.07 Å². The third-order valence-electron chi connectivity index (χ3n) is 3.15. The zero-order chi connectivity index (χ0) is 18.6. The highest BCUT2D eigenvalue weighted by molar-refractivity contribution is 9.13. The van der Waals surface area contributed by atoms with Crippen LogP contribution in [0.3, 0.4) is 0 Å². The molecule has 0 amide bonds. The SMILES string of the molecule is C=CCOc1c(OC)cc(-c2nc(SC)[nH]c(=O)c2C#N)c(Br)c1Br. The van der Waals surface area contributed by atoms with Gasteiger partial charge >= 0.3 is 0 Å². The third-order valence-corrected chi connectivity index (χ3v) is 5.84. The molecule has 0 spiro atoms. The zero-order valence-corrected chi connectivity index (χ0v) is 17.3. The number of nitrogens with zero attached hydrogens (tertiary/aromatic N) is 2. The number of halogens is 2. The smallest absolute Gasteiger partial charge is 0.270 e. The quantitative estimate of drug-likeness (QED) is 0.375. The molecule has 1 aromatic carbocycles. The Balaban J connectivity index is 2.79. The average Bonchev–Trinajstić information content (AvgIpc) is 2.62. The molecular weight excluding hydrogens is 474 g/mol. The van der Waals surface area contributed by atoms with Gasteiger partial charge in [0.2, 0.25) is 0 Å². The minimum atomic E-state index is -0.495. The first-order chi connectivity index (χ1) is 12.0. The Hall–Kier alpha value is -1.76. The maximum absolute atomic E-state index is 12.2. The maximum atomic E-state index is 12.2. The van der Waals surface area contributed by atoms with Crippen molar-refractivity contribution in [3.8, 4) is 28.8 Å². The van der Waals surface area contributed by atoms with E-state index in [2.05, 4.69) is 48.4 Å². The van der Waals surface area contributed by atoms with Gasteiger partial charge in [-0.05, 0) is 44.2 Å². The zero-order valence-electron chi connectivity index (χ0n) is 13.4. The second-order valence-electron chi connectivity index (χ2n) is 4.59. The summed E-state index contributed by atoms with van der Waals surface area (Å²) in [6, 6.07) is 3.58. The van der Waals surface area contributed by atoms with Gasteiger partial charge in [0.05, 0.1) is 17.3 Å². The molecule has 2 rings (SSSR count). The number of nitriles is 1. The van der Waals surface area contributed by atoms with Crippen LogP contribution < -0.4 is 15.0 Å². The van der Waals surface area contributed by atoms with Crippen molar-refractivity contribution in [3.05, 3.63) is 43.6 Å². The summed E-state index contributed by atoms with van der Waals surface area (Å²) in [5.74, 6) is 0.912. The lowest BCUT2D eigenvalue weighted by Gasteiger charge is -2.16. The minimum absolute atomic E-state index is 0.0767. The Bertz CT molecular complexity index is 922. The van der Waals surface area contributed by atoms with Crippen molar-refractivity contribution in [3.63, 3.8) is 0 Å². The molecule has 0 atom stereocenters. The Kier molecular flexibility index (Phi) is 6.70. The van der Waals surface area contributed by atoms with Crippen LogP contribution in [0.1, 0.15) is 5.56 Å². The largest absolute Gasteiger partial charge is 0.493 e. The molecule has 1 aromatic heterocycles. The van der Waals surface area contributed by atoms with Gasteiger partial charge in [-0.3, -0.25) is 4.79 Å². The van der Waals surface area contributed by atoms with Crippen LogP contribution in [0.2, 0.25) is 0 Å². The number of thioether (sulfide) groups is 1. The summed E-state index contributed by atoms with van der Waals surface area (Å²) in [4.78, 5) is 19.1. The molecule has 0 aliphatic heterocycles. The van der Waals surface area contributed by atoms with Crippen molar-refractivity contribution in [2.24, 2.45) is 0 Å². The van der Waals surface area contributed by atoms with Crippen molar-refractivity contribution in [1.82, 2.24) is 9.97 Å². The number of H-pyrrole nitrogens is 1. The molecule has 130 valence electrons. The monoisotopic (exact) mass is 485 g/mol. The van der Waals surface area contributed by atoms with Crippen LogP contribution in [0.25, 0.3) is 11.3 Å². The normalized spacial score (nSPS) is 10.2. The van der Waals surface area contributed by atoms with E-state index in [4.69, 9.17) is 9.47 Å². The lowest BCUT2D eigenvalue weighted by Crippen LogP contribution is -2.15. The summed E-state index contributed by atoms with van der Waals surface area (Å²) in [7, 11) is 1.50. The van der Waals surface area contributed by atoms with Crippen LogP contribution in [0.15, 0.2) is 37.6 Å². The summed E-state index contributed by atoms with van der Waals surface area (Å²) in [6.45, 7) is 3.92. The van der Waals surface area contributed by atoms with Gasteiger partial charge in [-0.2, -0.15) is 5.26 Å². The third kappa shape index (κ3) is 3.92. The van der Waals surface area contributed by atoms with Crippen LogP contribution in [0.5, 0.6) is 11.5 Å². The predicted octanol–water partition coefficient (Wildman–Crippen LogP) is 4.13. The highest BCUT2D eigenvalue weighted by Crippen LogP contribution is 2.46. The van der Waals surface area contributed by atoms with Gasteiger partial charge in [-0.1, -0.05) is 24.4 Å². The number of hydrogen-bond acceptors (Lipinski definition) is 6. The van der Waals surface area contributed by atoms with Crippen molar-refractivity contribution in [2.45, 2.75) is 5.16 Å². The number of ether oxygens (including phenoxy) is 2. The maximum Gasteiger partial charge on any atom is 0.270 e. The van der Waals surface area contributed by atoms with Gasteiger partial charge < -0.3 is 14.5 Å². The molecule has 0 unspecified atom stereocenters. The molecule has 0 saturated heterocycles. The van der Waals surface area contributed by atoms with Crippen LogP contribution in [0, 0.1) is 11.3 Å². The van der Waals surface area contributed by atoms with Gasteiger partial charge in [0.15, 0.2) is 16.7 Å². The van der Waals surface area contributed by atoms with Crippen LogP contribution in [0.4, 0.5) is 0 Å². The number of methoxy groups -OCH3 is 1. The van der Waals surface area contributed by atoms with E-state index in [1.165, 1.54) is 18.9 Å². The average molecular weight is 487 g/mol. The fourth-order valence-electron chi connectivity index (χ4n) is 2.03. The van der Waals surface area contributed by atoms with Gasteiger partial charge in [-0.15, -0.1) is 0 Å². The Morgan fingerprint density at radius 1 is 1.48 bits per heavy atom. The molecule has 25 heavy (non-hydrogen) atoms. The van der Waals surface area contributed by atoms with Crippen LogP contribution in [-0.2, 0) is 0 Å². The lowest BCUT2D eigenvalue weighted by atomic mass is 10.1. The van der Waals surface area contributed by atoms with E-state index >= 15 is 0 Å². The van der Waals surface area contributed by atoms with Crippen molar-refractivity contribution < 1.29 is 9.47 Å². The van der Waals surface area contributed by atoms with Crippen molar-refractivity contribution in [1.29, 1.82) is 5.26 Å². The van der Waals surface area contributed by atoms with E-state index in [1.54, 1.807) is 18.4 Å². The standard InChI is InChI=1S/C16H13Br2N3O3S/c1-4-5-24-14-10(23-2)6-8(11(17)12(14)18)13-9(7-19)15(22)21-16(20-13)25-3/h4,6H,1,5H2,2-3H3,(H,20,21,22). The molecule has 0 fully saturated rings. The molecule has 0 aliphatic rings. The first-order valence-electron chi connectivity index (χ1n) is 6.86. The summed E-state index contributed by atoms with van der Waals surface area (Å²) in [5.41, 5.74) is 0.224. The Morgan fingerprint density at radius 3 is 2.76 bits per heavy atom. The number of rotatable bonds is 6. The summed E-state index contributed by atoms with van der Waals surface area (Å²) < 4.78 is 12.2. The highest BCUT2D eigenvalue weighted by atomic mass is 79.9. The van der Waals surface area contributed by atoms with Gasteiger partial charge in [0.1, 0.15) is 18.2 Å². The molecule has 0 aliphatic carbocycles. The van der Waals surface area contributed by atoms with E-state index in [0.29, 0.717) is 37.8 Å². The fraction of sp³-hybridized carbons (Fsp3) is 0.188. The van der Waals surface area contributed by atoms with E-state index in [-0.39, 0.29) is 11.3 Å². The van der Waals surface area contributed by atoms with Gasteiger partial charge in [-0.25, -0.2) is 4.98 Å². The molecule has 0 radical (unpaired) electrons. The Labute approximate surface area is 165 Å². The summed E-state index contributed by atoms with van der Waals surface area (Å²) in [6.07, 6.45) is 3.40. The van der Waals surface area contributed by atoms with Crippen molar-refractivity contribution >= 4 is 43.6 Å². The van der Waals surface area contributed by atoms with Crippen LogP contribution >= 0.6 is 43.6 Å². The Morgan fingerprint density at radius 2 is 2.20 bits per heavy atom. The highest BCUT2D eigenvalue weighted by Gasteiger charge is 2.22. The molecule has 9 heteroatoms. The molecule has 2 aromatic rings. The molecule has 0 bridgehead atoms. The van der Waals surface area contributed by atoms with Gasteiger partial charge in [0, 0.05) is 10.0 Å². The molecule has 1 N–H and O–H groups in total. The molecular formula is C16H13Br2N3O3S. The van der Waals surface area contributed by atoms with Gasteiger partial charge in [0.25, 0.3) is 5.56 Å². The topological polar surface area (TPSA) is 88.0 Å². The first kappa shape index (κ1) is 19.6. The summed E-state index contributed by atoms with van der Waals surface area (Å²) >= 11 is 8.22. The molecule has 1 heterocycles. The van der Waals surface area contributed by atoms with Crippen molar-refractivity contribution in [2.75, 3.05) is 20.0 Å².